The Labute approximate surface area is 436 Å². The van der Waals surface area contributed by atoms with Crippen molar-refractivity contribution in [3.63, 3.8) is 0 Å². The largest absolute Gasteiger partial charge is 0.493 e. The number of pyridine rings is 1. The van der Waals surface area contributed by atoms with E-state index in [0.29, 0.717) is 122 Å². The van der Waals surface area contributed by atoms with E-state index in [4.69, 9.17) is 47.9 Å². The summed E-state index contributed by atoms with van der Waals surface area (Å²) in [4.78, 5) is 34.5. The van der Waals surface area contributed by atoms with Crippen LogP contribution in [0, 0.1) is 0 Å². The molecule has 1 aromatic heterocycles. The smallest absolute Gasteiger partial charge is 0.256 e. The molecule has 1 atom stereocenters. The van der Waals surface area contributed by atoms with Gasteiger partial charge in [-0.2, -0.15) is 0 Å². The predicted octanol–water partition coefficient (Wildman–Crippen LogP) is 9.40. The van der Waals surface area contributed by atoms with Gasteiger partial charge in [-0.25, -0.2) is 0 Å². The Bertz CT molecular complexity index is 2280. The number of aliphatic hydroxyl groups is 1. The highest BCUT2D eigenvalue weighted by atomic mass is 33.1. The number of aliphatic imine (C=N–C) groups is 2. The van der Waals surface area contributed by atoms with Gasteiger partial charge in [0.2, 0.25) is 0 Å². The van der Waals surface area contributed by atoms with Crippen LogP contribution in [0.1, 0.15) is 81.7 Å². The van der Waals surface area contributed by atoms with E-state index in [2.05, 4.69) is 61.9 Å². The molecule has 72 heavy (non-hydrogen) atoms. The van der Waals surface area contributed by atoms with Crippen LogP contribution in [-0.2, 0) is 34.0 Å². The van der Waals surface area contributed by atoms with Crippen LogP contribution < -0.4 is 23.7 Å². The molecular weight excluding hydrogens is 957 g/mol. The molecule has 2 heterocycles. The van der Waals surface area contributed by atoms with Gasteiger partial charge in [0.25, 0.3) is 5.91 Å². The lowest BCUT2D eigenvalue weighted by Gasteiger charge is -2.31. The first-order valence-electron chi connectivity index (χ1n) is 24.5. The Morgan fingerprint density at radius 2 is 1.50 bits per heavy atom. The Morgan fingerprint density at radius 3 is 2.08 bits per heavy atom. The summed E-state index contributed by atoms with van der Waals surface area (Å²) >= 11 is 0. The summed E-state index contributed by atoms with van der Waals surface area (Å²) in [6, 6.07) is 10.8. The number of allylic oxidation sites excluding steroid dienone is 2. The SMILES string of the molecule is CC=Nc1cc(OCc2cc(OCCN(CCOCCOCCOC)CC(C)(C)SSC)cc(COc3cc(N=CC4C/C(=C\C)CN4C)c(CO)cc3OC)n2)c(OC)cc1C(=O)N(C)C/C(=C/C)CC. The topological polar surface area (TPSA) is 158 Å². The van der Waals surface area contributed by atoms with Gasteiger partial charge in [0.15, 0.2) is 23.0 Å². The second-order valence-corrected chi connectivity index (χ2v) is 20.9. The van der Waals surface area contributed by atoms with Crippen molar-refractivity contribution >= 4 is 51.3 Å². The average molecular weight is 1040 g/mol. The van der Waals surface area contributed by atoms with Gasteiger partial charge in [-0.05, 0) is 72.9 Å². The number of amides is 1. The van der Waals surface area contributed by atoms with Crippen LogP contribution >= 0.6 is 21.6 Å². The summed E-state index contributed by atoms with van der Waals surface area (Å²) in [7, 11) is 12.2. The standard InChI is InChI=1S/C54H80N6O10S2/c1-13-39(14-2)33-59(8)53(62)46-29-50(65-11)52(31-48(46)55-16-4)70-37-43-28-45(68-20-18-60(38-54(5,6)72-71-12)17-19-66-23-24-67-22-21-63-9)27-42(57-43)36-69-51-30-47(41(35-61)26-49(51)64-10)56-32-44-25-40(15-3)34-58(44)7/h13,15-16,26-32,44,61H,14,17-25,33-38H2,1-12H3/b39-13+,40-15+,55-16?,56-32?. The van der Waals surface area contributed by atoms with Crippen molar-refractivity contribution in [3.05, 3.63) is 82.2 Å². The zero-order chi connectivity index (χ0) is 52.5. The molecule has 1 N–H and O–H groups in total. The maximum absolute atomic E-state index is 13.8. The molecule has 0 saturated carbocycles. The molecule has 2 aromatic carbocycles. The number of carbonyl (C=O) groups excluding carboxylic acids is 1. The number of rotatable bonds is 33. The van der Waals surface area contributed by atoms with Gasteiger partial charge >= 0.3 is 0 Å². The van der Waals surface area contributed by atoms with Crippen molar-refractivity contribution in [2.75, 3.05) is 114 Å². The number of carbonyl (C=O) groups is 1. The Kier molecular flexibility index (Phi) is 26.5. The van der Waals surface area contributed by atoms with E-state index in [0.717, 1.165) is 31.5 Å². The van der Waals surface area contributed by atoms with Gasteiger partial charge in [0.1, 0.15) is 25.6 Å². The molecule has 1 aliphatic rings. The van der Waals surface area contributed by atoms with E-state index in [1.54, 1.807) is 81.5 Å². The summed E-state index contributed by atoms with van der Waals surface area (Å²) in [5.74, 6) is 2.06. The van der Waals surface area contributed by atoms with Crippen LogP contribution in [0.3, 0.4) is 0 Å². The fourth-order valence-electron chi connectivity index (χ4n) is 7.97. The number of hydrogen-bond donors (Lipinski definition) is 1. The Hall–Kier alpha value is -4.66. The molecule has 0 aliphatic carbocycles. The second kappa shape index (κ2) is 31.8. The van der Waals surface area contributed by atoms with Gasteiger partial charge in [0, 0.05) is 99.9 Å². The molecule has 3 aromatic rings. The zero-order valence-corrected chi connectivity index (χ0v) is 46.4. The number of likely N-dealkylation sites (N-methyl/N-ethyl adjacent to an activating group) is 2. The van der Waals surface area contributed by atoms with E-state index in [9.17, 15) is 9.90 Å². The van der Waals surface area contributed by atoms with Crippen LogP contribution in [0.2, 0.25) is 0 Å². The maximum Gasteiger partial charge on any atom is 0.256 e. The van der Waals surface area contributed by atoms with Gasteiger partial charge < -0.3 is 47.9 Å². The van der Waals surface area contributed by atoms with Crippen LogP contribution in [0.25, 0.3) is 0 Å². The van der Waals surface area contributed by atoms with Gasteiger partial charge in [-0.3, -0.25) is 29.6 Å². The number of nitrogens with zero attached hydrogens (tertiary/aromatic N) is 6. The molecule has 1 fully saturated rings. The third-order valence-corrected chi connectivity index (χ3v) is 14.5. The summed E-state index contributed by atoms with van der Waals surface area (Å²) in [6.45, 7) is 18.9. The fraction of sp³-hybridized carbons (Fsp3) is 0.556. The van der Waals surface area contributed by atoms with Crippen molar-refractivity contribution in [3.8, 4) is 28.7 Å². The van der Waals surface area contributed by atoms with Crippen molar-refractivity contribution < 1.29 is 47.8 Å². The van der Waals surface area contributed by atoms with E-state index < -0.39 is 0 Å². The summed E-state index contributed by atoms with van der Waals surface area (Å²) in [5, 5.41) is 10.3. The average Bonchev–Trinajstić information content (AvgIpc) is 3.74. The van der Waals surface area contributed by atoms with Crippen LogP contribution in [0.5, 0.6) is 28.7 Å². The first-order valence-corrected chi connectivity index (χ1v) is 27.1. The molecule has 1 unspecified atom stereocenters. The molecule has 398 valence electrons. The lowest BCUT2D eigenvalue weighted by molar-refractivity contribution is 0.0184. The number of aliphatic hydroxyl groups excluding tert-OH is 1. The molecule has 1 saturated heterocycles. The van der Waals surface area contributed by atoms with Crippen molar-refractivity contribution in [2.24, 2.45) is 9.98 Å². The summed E-state index contributed by atoms with van der Waals surface area (Å²) in [5.41, 5.74) is 5.70. The molecule has 16 nitrogen and oxygen atoms in total. The monoisotopic (exact) mass is 1040 g/mol. The highest BCUT2D eigenvalue weighted by Crippen LogP contribution is 2.38. The molecule has 18 heteroatoms. The first-order chi connectivity index (χ1) is 34.7. The van der Waals surface area contributed by atoms with Crippen molar-refractivity contribution in [2.45, 2.75) is 85.0 Å². The Morgan fingerprint density at radius 1 is 0.861 bits per heavy atom. The minimum atomic E-state index is -0.222. The lowest BCUT2D eigenvalue weighted by atomic mass is 10.1. The Balaban J connectivity index is 1.64. The van der Waals surface area contributed by atoms with Crippen molar-refractivity contribution in [1.82, 2.24) is 19.7 Å². The molecule has 0 spiro atoms. The second-order valence-electron chi connectivity index (χ2n) is 17.8. The molecule has 1 aliphatic heterocycles. The highest BCUT2D eigenvalue weighted by Gasteiger charge is 2.25. The third kappa shape index (κ3) is 19.3. The molecule has 0 radical (unpaired) electrons. The highest BCUT2D eigenvalue weighted by molar-refractivity contribution is 8.77. The van der Waals surface area contributed by atoms with Gasteiger partial charge in [-0.15, -0.1) is 0 Å². The summed E-state index contributed by atoms with van der Waals surface area (Å²) < 4.78 is 47.6. The van der Waals surface area contributed by atoms with Gasteiger partial charge in [0.05, 0.1) is 82.2 Å². The number of likely N-dealkylation sites (tertiary alicyclic amines) is 1. The fourth-order valence-corrected chi connectivity index (χ4v) is 10.2. The van der Waals surface area contributed by atoms with Crippen LogP contribution in [-0.4, -0.2) is 168 Å². The number of aromatic nitrogens is 1. The number of hydrogen-bond acceptors (Lipinski definition) is 17. The van der Waals surface area contributed by atoms with Gasteiger partial charge in [-0.1, -0.05) is 51.8 Å². The predicted molar refractivity (Wildman–Crippen MR) is 293 cm³/mol. The maximum atomic E-state index is 13.8. The molecule has 1 amide bonds. The molecule has 4 rings (SSSR count). The normalized spacial score (nSPS) is 15.1. The third-order valence-electron chi connectivity index (χ3n) is 11.9. The molecular formula is C54H80N6O10S2. The minimum absolute atomic E-state index is 0.0193. The van der Waals surface area contributed by atoms with Crippen molar-refractivity contribution in [1.29, 1.82) is 0 Å². The number of methoxy groups -OCH3 is 3. The van der Waals surface area contributed by atoms with E-state index in [1.165, 1.54) is 5.57 Å². The number of ether oxygens (including phenoxy) is 8. The zero-order valence-electron chi connectivity index (χ0n) is 44.8. The minimum Gasteiger partial charge on any atom is -0.493 e. The van der Waals surface area contributed by atoms with E-state index >= 15 is 0 Å². The quantitative estimate of drug-likeness (QED) is 0.0266. The van der Waals surface area contributed by atoms with E-state index in [1.807, 2.05) is 42.1 Å². The van der Waals surface area contributed by atoms with E-state index in [-0.39, 0.29) is 36.5 Å². The summed E-state index contributed by atoms with van der Waals surface area (Å²) in [6.07, 6.45) is 11.6. The first kappa shape index (κ1) is 59.9. The molecule has 0 bridgehead atoms. The lowest BCUT2D eigenvalue weighted by Crippen LogP contribution is -2.40. The van der Waals surface area contributed by atoms with Crippen LogP contribution in [0.4, 0.5) is 11.4 Å². The van der Waals surface area contributed by atoms with Crippen LogP contribution in [0.15, 0.2) is 69.7 Å². The number of benzene rings is 2.